The number of amides is 1. The monoisotopic (exact) mass is 258 g/mol. The Morgan fingerprint density at radius 1 is 1.37 bits per heavy atom. The summed E-state index contributed by atoms with van der Waals surface area (Å²) in [6.45, 7) is 0.611. The Bertz CT molecular complexity index is 672. The number of nitrogen functional groups attached to an aromatic ring is 1. The van der Waals surface area contributed by atoms with E-state index in [0.29, 0.717) is 17.8 Å². The third-order valence-electron chi connectivity index (χ3n) is 3.07. The number of fused-ring (bicyclic) bond motifs is 1. The lowest BCUT2D eigenvalue weighted by molar-refractivity contribution is 0.0946. The van der Waals surface area contributed by atoms with Crippen molar-refractivity contribution >= 4 is 11.7 Å². The highest BCUT2D eigenvalue weighted by molar-refractivity contribution is 5.97. The minimum Gasteiger partial charge on any atom is -0.382 e. The number of nitrogens with one attached hydrogen (secondary N) is 1. The summed E-state index contributed by atoms with van der Waals surface area (Å²) < 4.78 is 12.9. The fraction of sp³-hybridized carbons (Fsp3) is 0.154. The molecule has 3 N–H and O–H groups in total. The number of aromatic nitrogens is 2. The van der Waals surface area contributed by atoms with Gasteiger partial charge in [-0.25, -0.2) is 4.98 Å². The SMILES string of the molecule is Nc1nc(F)cnc1-c1ccc2c(c1)CCNC2=O. The molecule has 6 heteroatoms. The van der Waals surface area contributed by atoms with Gasteiger partial charge in [0.05, 0.1) is 6.20 Å². The van der Waals surface area contributed by atoms with E-state index >= 15 is 0 Å². The van der Waals surface area contributed by atoms with Crippen LogP contribution in [0.4, 0.5) is 10.2 Å². The predicted molar refractivity (Wildman–Crippen MR) is 67.9 cm³/mol. The van der Waals surface area contributed by atoms with Gasteiger partial charge in [-0.15, -0.1) is 0 Å². The van der Waals surface area contributed by atoms with Gasteiger partial charge in [0.15, 0.2) is 5.82 Å². The van der Waals surface area contributed by atoms with E-state index in [2.05, 4.69) is 15.3 Å². The van der Waals surface area contributed by atoms with Gasteiger partial charge in [0, 0.05) is 17.7 Å². The van der Waals surface area contributed by atoms with E-state index in [1.165, 1.54) is 0 Å². The second-order valence-electron chi connectivity index (χ2n) is 4.30. The van der Waals surface area contributed by atoms with Crippen molar-refractivity contribution < 1.29 is 9.18 Å². The lowest BCUT2D eigenvalue weighted by Crippen LogP contribution is -2.31. The molecule has 2 aromatic rings. The van der Waals surface area contributed by atoms with E-state index in [-0.39, 0.29) is 11.7 Å². The zero-order valence-corrected chi connectivity index (χ0v) is 9.98. The number of anilines is 1. The quantitative estimate of drug-likeness (QED) is 0.804. The molecule has 2 heterocycles. The normalized spacial score (nSPS) is 13.8. The van der Waals surface area contributed by atoms with Crippen LogP contribution in [0.5, 0.6) is 0 Å². The summed E-state index contributed by atoms with van der Waals surface area (Å²) in [5.41, 5.74) is 8.42. The molecule has 0 radical (unpaired) electrons. The Labute approximate surface area is 108 Å². The zero-order chi connectivity index (χ0) is 13.4. The molecule has 19 heavy (non-hydrogen) atoms. The summed E-state index contributed by atoms with van der Waals surface area (Å²) in [6.07, 6.45) is 1.78. The third kappa shape index (κ3) is 2.01. The van der Waals surface area contributed by atoms with Crippen molar-refractivity contribution in [3.8, 4) is 11.3 Å². The van der Waals surface area contributed by atoms with E-state index < -0.39 is 5.95 Å². The average Bonchev–Trinajstić information content (AvgIpc) is 2.38. The van der Waals surface area contributed by atoms with Crippen LogP contribution < -0.4 is 11.1 Å². The molecule has 1 aliphatic heterocycles. The number of hydrogen-bond acceptors (Lipinski definition) is 4. The summed E-state index contributed by atoms with van der Waals surface area (Å²) in [5.74, 6) is -0.746. The number of hydrogen-bond donors (Lipinski definition) is 2. The van der Waals surface area contributed by atoms with Crippen LogP contribution in [-0.2, 0) is 6.42 Å². The molecule has 1 aromatic carbocycles. The van der Waals surface area contributed by atoms with E-state index in [0.717, 1.165) is 23.7 Å². The number of rotatable bonds is 1. The van der Waals surface area contributed by atoms with Crippen LogP contribution in [0.3, 0.4) is 0 Å². The largest absolute Gasteiger partial charge is 0.382 e. The minimum absolute atomic E-state index is 0.0419. The number of carbonyl (C=O) groups excluding carboxylic acids is 1. The van der Waals surface area contributed by atoms with Crippen molar-refractivity contribution in [2.24, 2.45) is 0 Å². The first-order valence-electron chi connectivity index (χ1n) is 5.84. The Hall–Kier alpha value is -2.50. The molecule has 0 saturated heterocycles. The molecule has 0 fully saturated rings. The van der Waals surface area contributed by atoms with Crippen LogP contribution >= 0.6 is 0 Å². The second-order valence-corrected chi connectivity index (χ2v) is 4.30. The summed E-state index contributed by atoms with van der Waals surface area (Å²) in [4.78, 5) is 19.1. The lowest BCUT2D eigenvalue weighted by atomic mass is 9.97. The molecule has 0 unspecified atom stereocenters. The van der Waals surface area contributed by atoms with E-state index in [1.54, 1.807) is 12.1 Å². The highest BCUT2D eigenvalue weighted by Gasteiger charge is 2.18. The standard InChI is InChI=1S/C13H11FN4O/c14-10-6-17-11(12(15)18-10)8-1-2-9-7(5-8)3-4-16-13(9)19/h1-2,5-6H,3-4H2,(H2,15,18)(H,16,19). The Morgan fingerprint density at radius 3 is 3.00 bits per heavy atom. The number of halogens is 1. The zero-order valence-electron chi connectivity index (χ0n) is 9.98. The van der Waals surface area contributed by atoms with Gasteiger partial charge in [-0.05, 0) is 24.1 Å². The van der Waals surface area contributed by atoms with Gasteiger partial charge >= 0.3 is 0 Å². The first kappa shape index (κ1) is 11.6. The van der Waals surface area contributed by atoms with Crippen molar-refractivity contribution in [1.82, 2.24) is 15.3 Å². The molecule has 1 amide bonds. The van der Waals surface area contributed by atoms with Gasteiger partial charge in [-0.2, -0.15) is 9.37 Å². The van der Waals surface area contributed by atoms with E-state index in [4.69, 9.17) is 5.73 Å². The molecule has 96 valence electrons. The molecule has 0 spiro atoms. The van der Waals surface area contributed by atoms with Gasteiger partial charge in [-0.3, -0.25) is 4.79 Å². The van der Waals surface area contributed by atoms with Crippen LogP contribution in [0.15, 0.2) is 24.4 Å². The van der Waals surface area contributed by atoms with E-state index in [1.807, 2.05) is 6.07 Å². The molecule has 1 aromatic heterocycles. The minimum atomic E-state index is -0.710. The Balaban J connectivity index is 2.09. The van der Waals surface area contributed by atoms with Crippen molar-refractivity contribution in [2.45, 2.75) is 6.42 Å². The molecular weight excluding hydrogens is 247 g/mol. The van der Waals surface area contributed by atoms with Crippen molar-refractivity contribution in [2.75, 3.05) is 12.3 Å². The molecule has 0 bridgehead atoms. The lowest BCUT2D eigenvalue weighted by Gasteiger charge is -2.17. The highest BCUT2D eigenvalue weighted by atomic mass is 19.1. The molecule has 0 atom stereocenters. The van der Waals surface area contributed by atoms with Gasteiger partial charge in [0.2, 0.25) is 5.95 Å². The smallest absolute Gasteiger partial charge is 0.251 e. The second kappa shape index (κ2) is 4.31. The topological polar surface area (TPSA) is 80.9 Å². The van der Waals surface area contributed by atoms with Gasteiger partial charge in [0.25, 0.3) is 5.91 Å². The van der Waals surface area contributed by atoms with E-state index in [9.17, 15) is 9.18 Å². The average molecular weight is 258 g/mol. The van der Waals surface area contributed by atoms with Crippen LogP contribution in [-0.4, -0.2) is 22.4 Å². The Morgan fingerprint density at radius 2 is 2.21 bits per heavy atom. The molecule has 1 aliphatic rings. The Kier molecular flexibility index (Phi) is 2.63. The number of nitrogens with zero attached hydrogens (tertiary/aromatic N) is 2. The van der Waals surface area contributed by atoms with Crippen LogP contribution in [0.1, 0.15) is 15.9 Å². The summed E-state index contributed by atoms with van der Waals surface area (Å²) >= 11 is 0. The molecule has 5 nitrogen and oxygen atoms in total. The predicted octanol–water partition coefficient (Wildman–Crippen LogP) is 1.15. The molecular formula is C13H11FN4O. The summed E-state index contributed by atoms with van der Waals surface area (Å²) in [6, 6.07) is 5.32. The number of benzene rings is 1. The van der Waals surface area contributed by atoms with Crippen molar-refractivity contribution in [3.63, 3.8) is 0 Å². The maximum Gasteiger partial charge on any atom is 0.251 e. The fourth-order valence-electron chi connectivity index (χ4n) is 2.18. The first-order valence-corrected chi connectivity index (χ1v) is 5.84. The number of carbonyl (C=O) groups is 1. The van der Waals surface area contributed by atoms with Gasteiger partial charge < -0.3 is 11.1 Å². The molecule has 0 aliphatic carbocycles. The van der Waals surface area contributed by atoms with Crippen LogP contribution in [0.2, 0.25) is 0 Å². The maximum absolute atomic E-state index is 12.9. The molecule has 3 rings (SSSR count). The third-order valence-corrected chi connectivity index (χ3v) is 3.07. The van der Waals surface area contributed by atoms with Crippen LogP contribution in [0, 0.1) is 5.95 Å². The van der Waals surface area contributed by atoms with Crippen molar-refractivity contribution in [3.05, 3.63) is 41.5 Å². The van der Waals surface area contributed by atoms with Gasteiger partial charge in [-0.1, -0.05) is 6.07 Å². The van der Waals surface area contributed by atoms with Crippen LogP contribution in [0.25, 0.3) is 11.3 Å². The summed E-state index contributed by atoms with van der Waals surface area (Å²) in [5, 5.41) is 2.78. The highest BCUT2D eigenvalue weighted by Crippen LogP contribution is 2.25. The maximum atomic E-state index is 12.9. The molecule has 0 saturated carbocycles. The number of nitrogens with two attached hydrogens (primary N) is 1. The van der Waals surface area contributed by atoms with Gasteiger partial charge in [0.1, 0.15) is 5.69 Å². The first-order chi connectivity index (χ1) is 9.15. The van der Waals surface area contributed by atoms with Crippen molar-refractivity contribution in [1.29, 1.82) is 0 Å². The fourth-order valence-corrected chi connectivity index (χ4v) is 2.18. The summed E-state index contributed by atoms with van der Waals surface area (Å²) in [7, 11) is 0.